The van der Waals surface area contributed by atoms with Crippen LogP contribution in [-0.4, -0.2) is 215 Å². The van der Waals surface area contributed by atoms with Crippen LogP contribution in [0.3, 0.4) is 0 Å². The van der Waals surface area contributed by atoms with Crippen LogP contribution in [0.1, 0.15) is 156 Å². The molecule has 2 aliphatic carbocycles. The van der Waals surface area contributed by atoms with Gasteiger partial charge in [-0.25, -0.2) is 0 Å². The summed E-state index contributed by atoms with van der Waals surface area (Å²) in [6, 6.07) is -9.16. The van der Waals surface area contributed by atoms with Gasteiger partial charge in [-0.1, -0.05) is 109 Å². The van der Waals surface area contributed by atoms with Crippen LogP contribution >= 0.6 is 0 Å². The number of allylic oxidation sites excluding steroid dienone is 2. The maximum atomic E-state index is 15.1. The van der Waals surface area contributed by atoms with Crippen LogP contribution in [0.2, 0.25) is 0 Å². The molecule has 22 heteroatoms. The van der Waals surface area contributed by atoms with Crippen LogP contribution in [0, 0.1) is 53.3 Å². The molecule has 2 saturated carbocycles. The highest BCUT2D eigenvalue weighted by Crippen LogP contribution is 2.56. The average Bonchev–Trinajstić information content (AvgIpc) is 1.76. The first-order valence-corrected chi connectivity index (χ1v) is 31.0. The van der Waals surface area contributed by atoms with Crippen molar-refractivity contribution in [3.05, 3.63) is 12.2 Å². The second kappa shape index (κ2) is 30.0. The quantitative estimate of drug-likeness (QED) is 0.204. The fourth-order valence-corrected chi connectivity index (χ4v) is 12.7. The molecule has 4 N–H and O–H groups in total. The third-order valence-electron chi connectivity index (χ3n) is 18.6. The van der Waals surface area contributed by atoms with E-state index < -0.39 is 143 Å². The number of carbonyl (C=O) groups excluding carboxylic acids is 11. The van der Waals surface area contributed by atoms with Crippen LogP contribution < -0.4 is 21.3 Å². The lowest BCUT2D eigenvalue weighted by Crippen LogP contribution is -2.62. The molecule has 0 radical (unpaired) electrons. The molecule has 22 nitrogen and oxygen atoms in total. The summed E-state index contributed by atoms with van der Waals surface area (Å²) in [6.45, 7) is 30.2. The Morgan fingerprint density at radius 3 is 1.44 bits per heavy atom. The molecular formula is C63H109N11O11. The summed E-state index contributed by atoms with van der Waals surface area (Å²) in [5.41, 5.74) is -2.87. The van der Waals surface area contributed by atoms with Gasteiger partial charge in [0, 0.05) is 49.3 Å². The zero-order valence-electron chi connectivity index (χ0n) is 56.0. The molecule has 11 amide bonds. The number of hydrogen-bond acceptors (Lipinski definition) is 11. The normalized spacial score (nSPS) is 31.8. The molecule has 13 atom stereocenters. The summed E-state index contributed by atoms with van der Waals surface area (Å²) in [5.74, 6) is -9.01. The van der Waals surface area contributed by atoms with Crippen molar-refractivity contribution in [2.45, 2.75) is 216 Å². The van der Waals surface area contributed by atoms with E-state index in [-0.39, 0.29) is 73.5 Å². The Hall–Kier alpha value is -6.09. The molecule has 3 fully saturated rings. The minimum absolute atomic E-state index is 0.0787. The predicted octanol–water partition coefficient (Wildman–Crippen LogP) is 3.91. The van der Waals surface area contributed by atoms with Crippen molar-refractivity contribution >= 4 is 65.0 Å². The molecule has 1 saturated heterocycles. The van der Waals surface area contributed by atoms with E-state index >= 15 is 19.2 Å². The monoisotopic (exact) mass is 1200 g/mol. The van der Waals surface area contributed by atoms with Gasteiger partial charge < -0.3 is 55.6 Å². The standard InChI is InChI=1S/C63H109N11O11/c1-25-27-28-39(13)31-47-54(78)66-45(26-2)56(80)68(18)33-49(75)74(24)62(32-44(62)36(7)8)60(84)67-63(40(14)41(63)15)61(85)71(21)46(29-34(3)4)53(77)64-42(16)52(76)65-43(17)55(79)72(22)50(37(9)10)59(83)70(20)48(30-35(5)6)57(81)73(23)51(38(11)12)58(82)69(47)19/h25,27,34-48,50-51H,26,28-33H2,1-24H3,(H,64,77)(H,65,76)(H,66,78)(H,67,84)/b27-25+/t39-,40?,41?,42+,43-,44?,45+,46+,47+,48+,50+,51+,62?,63?/m1/s1. The minimum Gasteiger partial charge on any atom is -0.343 e. The van der Waals surface area contributed by atoms with Crippen molar-refractivity contribution in [3.8, 4) is 0 Å². The topological polar surface area (TPSA) is 259 Å². The van der Waals surface area contributed by atoms with Gasteiger partial charge in [-0.05, 0) is 113 Å². The molecule has 2 spiro atoms. The molecule has 3 aliphatic rings. The van der Waals surface area contributed by atoms with Crippen molar-refractivity contribution in [2.24, 2.45) is 53.3 Å². The van der Waals surface area contributed by atoms with Crippen molar-refractivity contribution in [1.82, 2.24) is 55.6 Å². The van der Waals surface area contributed by atoms with Crippen LogP contribution in [0.15, 0.2) is 12.2 Å². The summed E-state index contributed by atoms with van der Waals surface area (Å²) in [7, 11) is 10.4. The van der Waals surface area contributed by atoms with Gasteiger partial charge in [-0.2, -0.15) is 0 Å². The number of nitrogens with zero attached hydrogens (tertiary/aromatic N) is 7. The maximum absolute atomic E-state index is 15.1. The minimum atomic E-state index is -1.47. The fourth-order valence-electron chi connectivity index (χ4n) is 12.7. The Balaban J connectivity index is 2.27. The van der Waals surface area contributed by atoms with E-state index in [4.69, 9.17) is 0 Å². The summed E-state index contributed by atoms with van der Waals surface area (Å²) in [5, 5.41) is 11.4. The van der Waals surface area contributed by atoms with Gasteiger partial charge in [0.05, 0.1) is 6.54 Å². The third kappa shape index (κ3) is 16.3. The van der Waals surface area contributed by atoms with Gasteiger partial charge in [0.1, 0.15) is 59.4 Å². The molecule has 4 unspecified atom stereocenters. The highest BCUT2D eigenvalue weighted by atomic mass is 16.2. The van der Waals surface area contributed by atoms with Gasteiger partial charge >= 0.3 is 0 Å². The van der Waals surface area contributed by atoms with E-state index in [9.17, 15) is 33.6 Å². The van der Waals surface area contributed by atoms with Crippen molar-refractivity contribution in [3.63, 3.8) is 0 Å². The first-order chi connectivity index (χ1) is 39.3. The Bertz CT molecular complexity index is 2470. The Morgan fingerprint density at radius 1 is 0.529 bits per heavy atom. The predicted molar refractivity (Wildman–Crippen MR) is 327 cm³/mol. The summed E-state index contributed by atoms with van der Waals surface area (Å²) >= 11 is 0. The molecule has 482 valence electrons. The van der Waals surface area contributed by atoms with E-state index in [0.29, 0.717) is 6.42 Å². The zero-order chi connectivity index (χ0) is 65.4. The van der Waals surface area contributed by atoms with E-state index in [1.165, 1.54) is 97.5 Å². The van der Waals surface area contributed by atoms with Gasteiger partial charge in [-0.3, -0.25) is 52.7 Å². The van der Waals surface area contributed by atoms with Gasteiger partial charge in [0.25, 0.3) is 0 Å². The van der Waals surface area contributed by atoms with Crippen LogP contribution in [0.4, 0.5) is 0 Å². The number of rotatable bonds is 12. The molecule has 85 heavy (non-hydrogen) atoms. The molecular weight excluding hydrogens is 1090 g/mol. The summed E-state index contributed by atoms with van der Waals surface area (Å²) in [4.78, 5) is 171. The SMILES string of the molecule is C/C=C/C[C@@H](C)C[C@H]1C(=O)N[C@@H](CC)C(=O)N(C)CC(=O)N(C)C2(CC2C(C)C)C(=O)NC2(C(=O)N(C)[C@@H](CC(C)C)C(=O)N[C@@H](C)C(=O)N[C@H](C)C(=O)N(C)[C@@H](C(C)C)C(=O)N(C)[C@@H](CC(C)C)C(=O)N(C)[C@@H](C(C)C)C(=O)N1C)C(C)C2C. The molecule has 0 aromatic carbocycles. The second-order valence-corrected chi connectivity index (χ2v) is 27.0. The van der Waals surface area contributed by atoms with Crippen LogP contribution in [-0.2, 0) is 52.7 Å². The van der Waals surface area contributed by atoms with Crippen LogP contribution in [0.5, 0.6) is 0 Å². The van der Waals surface area contributed by atoms with Gasteiger partial charge in [-0.15, -0.1) is 0 Å². The Labute approximate surface area is 508 Å². The lowest BCUT2D eigenvalue weighted by Gasteiger charge is -2.41. The second-order valence-electron chi connectivity index (χ2n) is 27.0. The third-order valence-corrected chi connectivity index (χ3v) is 18.6. The molecule has 0 bridgehead atoms. The van der Waals surface area contributed by atoms with Crippen LogP contribution in [0.25, 0.3) is 0 Å². The number of likely N-dealkylation sites (N-methyl/N-ethyl adjacent to an activating group) is 7. The lowest BCUT2D eigenvalue weighted by molar-refractivity contribution is -0.156. The van der Waals surface area contributed by atoms with E-state index in [1.54, 1.807) is 34.6 Å². The fraction of sp³-hybridized carbons (Fsp3) is 0.794. The number of hydrogen-bond donors (Lipinski definition) is 4. The van der Waals surface area contributed by atoms with E-state index in [2.05, 4.69) is 21.3 Å². The smallest absolute Gasteiger partial charge is 0.249 e. The highest BCUT2D eigenvalue weighted by molar-refractivity contribution is 6.03. The van der Waals surface area contributed by atoms with Crippen molar-refractivity contribution in [2.75, 3.05) is 55.9 Å². The summed E-state index contributed by atoms with van der Waals surface area (Å²) < 4.78 is 0. The molecule has 0 aromatic rings. The van der Waals surface area contributed by atoms with Crippen molar-refractivity contribution < 1.29 is 52.7 Å². The molecule has 3 rings (SSSR count). The van der Waals surface area contributed by atoms with Crippen molar-refractivity contribution in [1.29, 1.82) is 0 Å². The Morgan fingerprint density at radius 2 is 0.988 bits per heavy atom. The average molecular weight is 1200 g/mol. The highest BCUT2D eigenvalue weighted by Gasteiger charge is 2.72. The summed E-state index contributed by atoms with van der Waals surface area (Å²) in [6.07, 6.45) is 5.37. The van der Waals surface area contributed by atoms with E-state index in [0.717, 1.165) is 0 Å². The zero-order valence-corrected chi connectivity index (χ0v) is 56.0. The molecule has 1 aliphatic heterocycles. The van der Waals surface area contributed by atoms with Gasteiger partial charge in [0.2, 0.25) is 65.0 Å². The first kappa shape index (κ1) is 73.2. The Kier molecular flexibility index (Phi) is 25.8. The maximum Gasteiger partial charge on any atom is 0.249 e. The first-order valence-electron chi connectivity index (χ1n) is 31.0. The number of amides is 11. The molecule has 0 aromatic heterocycles. The molecule has 1 heterocycles. The van der Waals surface area contributed by atoms with E-state index in [1.807, 2.05) is 81.4 Å². The number of nitrogens with one attached hydrogen (secondary N) is 4. The van der Waals surface area contributed by atoms with Gasteiger partial charge in [0.15, 0.2) is 0 Å². The number of carbonyl (C=O) groups is 11. The lowest BCUT2D eigenvalue weighted by atomic mass is 9.93. The largest absolute Gasteiger partial charge is 0.343 e.